The van der Waals surface area contributed by atoms with Crippen LogP contribution in [0.15, 0.2) is 24.3 Å². The van der Waals surface area contributed by atoms with Gasteiger partial charge >= 0.3 is 0 Å². The molecule has 1 N–H and O–H groups in total. The van der Waals surface area contributed by atoms with Gasteiger partial charge < -0.3 is 5.32 Å². The number of fused-ring (bicyclic) bond motifs is 1. The summed E-state index contributed by atoms with van der Waals surface area (Å²) in [6.45, 7) is 8.39. The zero-order valence-corrected chi connectivity index (χ0v) is 13.1. The molecule has 0 spiro atoms. The zero-order chi connectivity index (χ0) is 14.1. The zero-order valence-electron chi connectivity index (χ0n) is 13.1. The SMILES string of the molecule is CNC1CC(C)CC(C)C1CN1Cc2ccccc2C1. The summed E-state index contributed by atoms with van der Waals surface area (Å²) in [5, 5.41) is 3.58. The second-order valence-electron chi connectivity index (χ2n) is 7.05. The Hall–Kier alpha value is -0.860. The van der Waals surface area contributed by atoms with Crippen molar-refractivity contribution >= 4 is 0 Å². The van der Waals surface area contributed by atoms with E-state index in [9.17, 15) is 0 Å². The average molecular weight is 272 g/mol. The topological polar surface area (TPSA) is 15.3 Å². The molecule has 20 heavy (non-hydrogen) atoms. The molecule has 0 saturated heterocycles. The molecule has 2 heteroatoms. The molecule has 1 saturated carbocycles. The van der Waals surface area contributed by atoms with Crippen LogP contribution in [0, 0.1) is 17.8 Å². The number of hydrogen-bond acceptors (Lipinski definition) is 2. The highest BCUT2D eigenvalue weighted by atomic mass is 15.1. The second-order valence-corrected chi connectivity index (χ2v) is 7.05. The third-order valence-electron chi connectivity index (χ3n) is 5.42. The number of benzene rings is 1. The summed E-state index contributed by atoms with van der Waals surface area (Å²) in [5.74, 6) is 2.50. The summed E-state index contributed by atoms with van der Waals surface area (Å²) < 4.78 is 0. The first kappa shape index (κ1) is 14.1. The predicted molar refractivity (Wildman–Crippen MR) is 84.5 cm³/mol. The Kier molecular flexibility index (Phi) is 4.13. The second kappa shape index (κ2) is 5.87. The van der Waals surface area contributed by atoms with Crippen molar-refractivity contribution in [2.75, 3.05) is 13.6 Å². The summed E-state index contributed by atoms with van der Waals surface area (Å²) in [5.41, 5.74) is 3.07. The first-order valence-electron chi connectivity index (χ1n) is 8.13. The van der Waals surface area contributed by atoms with Gasteiger partial charge in [0.15, 0.2) is 0 Å². The molecule has 1 aromatic rings. The highest BCUT2D eigenvalue weighted by Gasteiger charge is 2.35. The smallest absolute Gasteiger partial charge is 0.0240 e. The van der Waals surface area contributed by atoms with E-state index in [0.717, 1.165) is 30.8 Å². The van der Waals surface area contributed by atoms with Gasteiger partial charge in [-0.3, -0.25) is 4.90 Å². The molecule has 4 unspecified atom stereocenters. The Bertz CT molecular complexity index is 431. The third-order valence-corrected chi connectivity index (χ3v) is 5.42. The molecule has 3 rings (SSSR count). The number of nitrogens with one attached hydrogen (secondary N) is 1. The minimum absolute atomic E-state index is 0.692. The van der Waals surface area contributed by atoms with Gasteiger partial charge in [-0.15, -0.1) is 0 Å². The van der Waals surface area contributed by atoms with E-state index in [0.29, 0.717) is 6.04 Å². The van der Waals surface area contributed by atoms with Crippen LogP contribution in [0.3, 0.4) is 0 Å². The predicted octanol–water partition coefficient (Wildman–Crippen LogP) is 3.27. The third kappa shape index (κ3) is 2.77. The van der Waals surface area contributed by atoms with Crippen molar-refractivity contribution in [3.8, 4) is 0 Å². The Morgan fingerprint density at radius 3 is 2.35 bits per heavy atom. The molecule has 1 heterocycles. The molecule has 2 nitrogen and oxygen atoms in total. The van der Waals surface area contributed by atoms with Gasteiger partial charge in [-0.2, -0.15) is 0 Å². The fraction of sp³-hybridized carbons (Fsp3) is 0.667. The van der Waals surface area contributed by atoms with Crippen LogP contribution in [0.5, 0.6) is 0 Å². The lowest BCUT2D eigenvalue weighted by Gasteiger charge is -2.41. The van der Waals surface area contributed by atoms with Gasteiger partial charge in [0.2, 0.25) is 0 Å². The number of nitrogens with zero attached hydrogens (tertiary/aromatic N) is 1. The van der Waals surface area contributed by atoms with E-state index in [1.165, 1.54) is 30.5 Å². The van der Waals surface area contributed by atoms with Crippen LogP contribution in [0.1, 0.15) is 37.8 Å². The summed E-state index contributed by atoms with van der Waals surface area (Å²) in [6.07, 6.45) is 2.73. The van der Waals surface area contributed by atoms with Crippen molar-refractivity contribution < 1.29 is 0 Å². The van der Waals surface area contributed by atoms with E-state index < -0.39 is 0 Å². The standard InChI is InChI=1S/C18H28N2/c1-13-8-14(2)17(18(9-13)19-3)12-20-10-15-6-4-5-7-16(15)11-20/h4-7,13-14,17-19H,8-12H2,1-3H3. The molecule has 4 atom stereocenters. The van der Waals surface area contributed by atoms with Crippen LogP contribution in [0.2, 0.25) is 0 Å². The van der Waals surface area contributed by atoms with Crippen LogP contribution in [0.25, 0.3) is 0 Å². The fourth-order valence-corrected chi connectivity index (χ4v) is 4.38. The molecule has 0 bridgehead atoms. The van der Waals surface area contributed by atoms with Crippen molar-refractivity contribution in [3.05, 3.63) is 35.4 Å². The van der Waals surface area contributed by atoms with Crippen LogP contribution >= 0.6 is 0 Å². The monoisotopic (exact) mass is 272 g/mol. The molecule has 1 aromatic carbocycles. The quantitative estimate of drug-likeness (QED) is 0.908. The lowest BCUT2D eigenvalue weighted by atomic mass is 9.72. The van der Waals surface area contributed by atoms with E-state index in [2.05, 4.69) is 55.4 Å². The summed E-state index contributed by atoms with van der Waals surface area (Å²) >= 11 is 0. The van der Waals surface area contributed by atoms with Gasteiger partial charge in [-0.25, -0.2) is 0 Å². The molecule has 2 aliphatic rings. The summed E-state index contributed by atoms with van der Waals surface area (Å²) in [7, 11) is 2.14. The molecule has 0 amide bonds. The van der Waals surface area contributed by atoms with E-state index in [1.54, 1.807) is 0 Å². The van der Waals surface area contributed by atoms with Gasteiger partial charge in [0, 0.05) is 25.7 Å². The van der Waals surface area contributed by atoms with Crippen LogP contribution in [-0.4, -0.2) is 24.5 Å². The van der Waals surface area contributed by atoms with Crippen molar-refractivity contribution in [3.63, 3.8) is 0 Å². The van der Waals surface area contributed by atoms with Crippen molar-refractivity contribution in [2.24, 2.45) is 17.8 Å². The van der Waals surface area contributed by atoms with Gasteiger partial charge in [0.25, 0.3) is 0 Å². The van der Waals surface area contributed by atoms with Crippen molar-refractivity contribution in [2.45, 2.75) is 45.8 Å². The molecular formula is C18H28N2. The maximum atomic E-state index is 3.58. The van der Waals surface area contributed by atoms with Crippen molar-refractivity contribution in [1.82, 2.24) is 10.2 Å². The summed E-state index contributed by atoms with van der Waals surface area (Å²) in [6, 6.07) is 9.61. The lowest BCUT2D eigenvalue weighted by Crippen LogP contribution is -2.47. The first-order chi connectivity index (χ1) is 9.67. The lowest BCUT2D eigenvalue weighted by molar-refractivity contribution is 0.103. The number of rotatable bonds is 3. The highest BCUT2D eigenvalue weighted by molar-refractivity contribution is 5.30. The molecule has 110 valence electrons. The van der Waals surface area contributed by atoms with E-state index in [1.807, 2.05) is 0 Å². The van der Waals surface area contributed by atoms with Gasteiger partial charge in [0.1, 0.15) is 0 Å². The van der Waals surface area contributed by atoms with Gasteiger partial charge in [0.05, 0.1) is 0 Å². The highest BCUT2D eigenvalue weighted by Crippen LogP contribution is 2.35. The Balaban J connectivity index is 1.66. The first-order valence-corrected chi connectivity index (χ1v) is 8.13. The van der Waals surface area contributed by atoms with Crippen molar-refractivity contribution in [1.29, 1.82) is 0 Å². The van der Waals surface area contributed by atoms with E-state index in [4.69, 9.17) is 0 Å². The normalized spacial score (nSPS) is 34.1. The molecule has 1 fully saturated rings. The van der Waals surface area contributed by atoms with Crippen LogP contribution in [-0.2, 0) is 13.1 Å². The maximum Gasteiger partial charge on any atom is 0.0240 e. The van der Waals surface area contributed by atoms with Crippen LogP contribution in [0.4, 0.5) is 0 Å². The Morgan fingerprint density at radius 1 is 1.10 bits per heavy atom. The fourth-order valence-electron chi connectivity index (χ4n) is 4.38. The van der Waals surface area contributed by atoms with Gasteiger partial charge in [-0.05, 0) is 48.8 Å². The molecule has 1 aliphatic heterocycles. The van der Waals surface area contributed by atoms with E-state index >= 15 is 0 Å². The minimum Gasteiger partial charge on any atom is -0.317 e. The Morgan fingerprint density at radius 2 is 1.75 bits per heavy atom. The summed E-state index contributed by atoms with van der Waals surface area (Å²) in [4.78, 5) is 2.64. The van der Waals surface area contributed by atoms with Gasteiger partial charge in [-0.1, -0.05) is 38.1 Å². The number of hydrogen-bond donors (Lipinski definition) is 1. The molecule has 0 radical (unpaired) electrons. The van der Waals surface area contributed by atoms with Crippen LogP contribution < -0.4 is 5.32 Å². The Labute approximate surface area is 123 Å². The minimum atomic E-state index is 0.692. The molecule has 0 aromatic heterocycles. The molecular weight excluding hydrogens is 244 g/mol. The maximum absolute atomic E-state index is 3.58. The molecule has 1 aliphatic carbocycles. The largest absolute Gasteiger partial charge is 0.317 e. The average Bonchev–Trinajstić information content (AvgIpc) is 2.83. The van der Waals surface area contributed by atoms with E-state index in [-0.39, 0.29) is 0 Å².